The van der Waals surface area contributed by atoms with Gasteiger partial charge in [0.15, 0.2) is 11.5 Å². The number of methoxy groups -OCH3 is 1. The quantitative estimate of drug-likeness (QED) is 0.660. The maximum Gasteiger partial charge on any atom is 0.259 e. The molecule has 0 radical (unpaired) electrons. The van der Waals surface area contributed by atoms with Crippen LogP contribution in [0.5, 0.6) is 23.0 Å². The highest BCUT2D eigenvalue weighted by Crippen LogP contribution is 2.43. The number of fused-ring (bicyclic) bond motifs is 2. The summed E-state index contributed by atoms with van der Waals surface area (Å²) in [5, 5.41) is 9.87. The van der Waals surface area contributed by atoms with Gasteiger partial charge in [-0.2, -0.15) is 5.26 Å². The van der Waals surface area contributed by atoms with Crippen LogP contribution < -0.4 is 30.2 Å². The van der Waals surface area contributed by atoms with E-state index in [2.05, 4.69) is 6.07 Å². The average molecular weight is 443 g/mol. The van der Waals surface area contributed by atoms with Gasteiger partial charge < -0.3 is 29.2 Å². The lowest BCUT2D eigenvalue weighted by Crippen LogP contribution is -2.33. The minimum absolute atomic E-state index is 0.0145. The van der Waals surface area contributed by atoms with Gasteiger partial charge in [0.05, 0.1) is 25.1 Å². The van der Waals surface area contributed by atoms with Gasteiger partial charge in [-0.3, -0.25) is 4.79 Å². The first-order valence-corrected chi connectivity index (χ1v) is 10.3. The van der Waals surface area contributed by atoms with E-state index in [4.69, 9.17) is 24.7 Å². The third-order valence-electron chi connectivity index (χ3n) is 5.92. The molecule has 0 aliphatic carbocycles. The van der Waals surface area contributed by atoms with E-state index in [1.54, 1.807) is 29.9 Å². The van der Waals surface area contributed by atoms with Crippen LogP contribution in [-0.4, -0.2) is 18.5 Å². The SMILES string of the molecule is COc1ccc(Cn2c(C)cc3c(c2=O)[C@H](c2ccc4c(c2)OCO4)C(C#N)=C(N)O3)cc1. The van der Waals surface area contributed by atoms with Crippen molar-refractivity contribution in [1.82, 2.24) is 4.57 Å². The fourth-order valence-electron chi connectivity index (χ4n) is 4.22. The van der Waals surface area contributed by atoms with Crippen molar-refractivity contribution in [3.05, 3.63) is 92.7 Å². The Balaban J connectivity index is 1.65. The van der Waals surface area contributed by atoms with E-state index >= 15 is 0 Å². The lowest BCUT2D eigenvalue weighted by molar-refractivity contribution is 0.174. The van der Waals surface area contributed by atoms with Crippen molar-refractivity contribution in [2.75, 3.05) is 13.9 Å². The van der Waals surface area contributed by atoms with Crippen LogP contribution in [0.4, 0.5) is 0 Å². The molecule has 0 unspecified atom stereocenters. The summed E-state index contributed by atoms with van der Waals surface area (Å²) >= 11 is 0. The number of allylic oxidation sites excluding steroid dienone is 1. The van der Waals surface area contributed by atoms with E-state index in [0.717, 1.165) is 11.3 Å². The Morgan fingerprint density at radius 1 is 1.12 bits per heavy atom. The summed E-state index contributed by atoms with van der Waals surface area (Å²) in [6.45, 7) is 2.32. The van der Waals surface area contributed by atoms with Gasteiger partial charge in [0, 0.05) is 11.8 Å². The number of aromatic nitrogens is 1. The van der Waals surface area contributed by atoms with Gasteiger partial charge >= 0.3 is 0 Å². The van der Waals surface area contributed by atoms with E-state index in [1.807, 2.05) is 37.3 Å². The molecule has 0 saturated heterocycles. The maximum absolute atomic E-state index is 13.8. The number of ether oxygens (including phenoxy) is 4. The zero-order chi connectivity index (χ0) is 23.1. The van der Waals surface area contributed by atoms with Crippen LogP contribution in [0, 0.1) is 18.3 Å². The van der Waals surface area contributed by atoms with E-state index in [0.29, 0.717) is 40.6 Å². The summed E-state index contributed by atoms with van der Waals surface area (Å²) in [6.07, 6.45) is 0. The molecule has 166 valence electrons. The molecule has 3 aromatic rings. The largest absolute Gasteiger partial charge is 0.497 e. The van der Waals surface area contributed by atoms with Crippen molar-refractivity contribution in [3.8, 4) is 29.1 Å². The molecular formula is C25H21N3O5. The molecule has 8 nitrogen and oxygen atoms in total. The molecule has 33 heavy (non-hydrogen) atoms. The number of aryl methyl sites for hydroxylation is 1. The van der Waals surface area contributed by atoms with Crippen LogP contribution in [0.1, 0.15) is 28.3 Å². The summed E-state index contributed by atoms with van der Waals surface area (Å²) < 4.78 is 23.5. The van der Waals surface area contributed by atoms with Crippen molar-refractivity contribution in [1.29, 1.82) is 5.26 Å². The number of nitrogens with zero attached hydrogens (tertiary/aromatic N) is 2. The molecule has 0 saturated carbocycles. The monoisotopic (exact) mass is 443 g/mol. The normalized spacial score (nSPS) is 16.1. The second-order valence-corrected chi connectivity index (χ2v) is 7.84. The van der Waals surface area contributed by atoms with Crippen LogP contribution in [0.2, 0.25) is 0 Å². The van der Waals surface area contributed by atoms with Crippen molar-refractivity contribution in [2.24, 2.45) is 5.73 Å². The number of nitrogens with two attached hydrogens (primary N) is 1. The second kappa shape index (κ2) is 7.95. The smallest absolute Gasteiger partial charge is 0.259 e. The van der Waals surface area contributed by atoms with Gasteiger partial charge in [0.1, 0.15) is 23.1 Å². The first-order chi connectivity index (χ1) is 16.0. The van der Waals surface area contributed by atoms with Crippen LogP contribution in [0.25, 0.3) is 0 Å². The average Bonchev–Trinajstić information content (AvgIpc) is 3.29. The third-order valence-corrected chi connectivity index (χ3v) is 5.92. The number of benzene rings is 2. The van der Waals surface area contributed by atoms with Crippen LogP contribution >= 0.6 is 0 Å². The Labute approximate surface area is 190 Å². The number of hydrogen-bond acceptors (Lipinski definition) is 7. The number of pyridine rings is 1. The first-order valence-electron chi connectivity index (χ1n) is 10.3. The van der Waals surface area contributed by atoms with Gasteiger partial charge in [0.2, 0.25) is 12.7 Å². The highest BCUT2D eigenvalue weighted by molar-refractivity contribution is 5.58. The number of nitriles is 1. The predicted octanol–water partition coefficient (Wildman–Crippen LogP) is 3.16. The zero-order valence-corrected chi connectivity index (χ0v) is 18.1. The molecule has 3 heterocycles. The summed E-state index contributed by atoms with van der Waals surface area (Å²) in [4.78, 5) is 13.8. The first kappa shape index (κ1) is 20.5. The molecule has 1 aromatic heterocycles. The fraction of sp³-hybridized carbons (Fsp3) is 0.200. The van der Waals surface area contributed by atoms with Gasteiger partial charge in [-0.1, -0.05) is 18.2 Å². The maximum atomic E-state index is 13.8. The molecule has 0 spiro atoms. The van der Waals surface area contributed by atoms with Gasteiger partial charge in [0.25, 0.3) is 5.56 Å². The highest BCUT2D eigenvalue weighted by Gasteiger charge is 2.35. The Morgan fingerprint density at radius 3 is 2.61 bits per heavy atom. The Kier molecular flexibility index (Phi) is 4.94. The minimum Gasteiger partial charge on any atom is -0.497 e. The molecule has 8 heteroatoms. The fourth-order valence-corrected chi connectivity index (χ4v) is 4.22. The van der Waals surface area contributed by atoms with Gasteiger partial charge in [-0.25, -0.2) is 0 Å². The van der Waals surface area contributed by atoms with E-state index < -0.39 is 5.92 Å². The number of rotatable bonds is 4. The molecule has 1 atom stereocenters. The molecule has 0 fully saturated rings. The summed E-state index contributed by atoms with van der Waals surface area (Å²) in [7, 11) is 1.61. The highest BCUT2D eigenvalue weighted by atomic mass is 16.7. The standard InChI is InChI=1S/C25H21N3O5/c1-14-9-21-23(25(29)28(14)12-15-3-6-17(30-2)7-4-15)22(18(11-26)24(27)33-21)16-5-8-19-20(10-16)32-13-31-19/h3-10,22H,12-13,27H2,1-2H3/t22-/m1/s1. The second-order valence-electron chi connectivity index (χ2n) is 7.84. The summed E-state index contributed by atoms with van der Waals surface area (Å²) in [5.74, 6) is 1.55. The van der Waals surface area contributed by atoms with Crippen molar-refractivity contribution in [3.63, 3.8) is 0 Å². The van der Waals surface area contributed by atoms with E-state index in [1.165, 1.54) is 0 Å². The Morgan fingerprint density at radius 2 is 1.88 bits per heavy atom. The molecule has 2 N–H and O–H groups in total. The molecule has 2 aromatic carbocycles. The lowest BCUT2D eigenvalue weighted by atomic mass is 9.84. The van der Waals surface area contributed by atoms with Crippen molar-refractivity contribution < 1.29 is 18.9 Å². The summed E-state index contributed by atoms with van der Waals surface area (Å²) in [5.41, 5.74) is 8.73. The van der Waals surface area contributed by atoms with Gasteiger partial charge in [-0.05, 0) is 42.3 Å². The summed E-state index contributed by atoms with van der Waals surface area (Å²) in [6, 6.07) is 16.8. The molecule has 5 rings (SSSR count). The molecule has 2 aliphatic rings. The molecule has 0 amide bonds. The van der Waals surface area contributed by atoms with Crippen LogP contribution in [-0.2, 0) is 6.54 Å². The molecule has 0 bridgehead atoms. The minimum atomic E-state index is -0.691. The lowest BCUT2D eigenvalue weighted by Gasteiger charge is -2.27. The Hall–Kier alpha value is -4.38. The predicted molar refractivity (Wildman–Crippen MR) is 119 cm³/mol. The molecule has 2 aliphatic heterocycles. The van der Waals surface area contributed by atoms with Crippen LogP contribution in [0.3, 0.4) is 0 Å². The zero-order valence-electron chi connectivity index (χ0n) is 18.1. The van der Waals surface area contributed by atoms with Crippen molar-refractivity contribution >= 4 is 0 Å². The van der Waals surface area contributed by atoms with Gasteiger partial charge in [-0.15, -0.1) is 0 Å². The van der Waals surface area contributed by atoms with E-state index in [9.17, 15) is 10.1 Å². The number of hydrogen-bond donors (Lipinski definition) is 1. The topological polar surface area (TPSA) is 109 Å². The van der Waals surface area contributed by atoms with E-state index in [-0.39, 0.29) is 23.8 Å². The molecular weight excluding hydrogens is 422 g/mol. The van der Waals surface area contributed by atoms with Crippen LogP contribution in [0.15, 0.2) is 64.8 Å². The third kappa shape index (κ3) is 3.44. The van der Waals surface area contributed by atoms with Crippen molar-refractivity contribution in [2.45, 2.75) is 19.4 Å². The Bertz CT molecular complexity index is 1380.